The molecule has 5 N–H and O–H groups in total. The first kappa shape index (κ1) is 17.5. The summed E-state index contributed by atoms with van der Waals surface area (Å²) in [5, 5.41) is 5.53. The van der Waals surface area contributed by atoms with Gasteiger partial charge in [0.15, 0.2) is 5.82 Å². The van der Waals surface area contributed by atoms with E-state index in [0.717, 1.165) is 12.8 Å². The summed E-state index contributed by atoms with van der Waals surface area (Å²) in [4.78, 5) is 31.5. The standard InChI is InChI=1S/C16H27N5O2/c1-16(2,17)15(23)20-12(8-11-6-4-3-5-7-11)14(22)21-13-9-18-10-19-13/h9-12H,3-8,17H2,1-2H3,(H,18,19)(H,20,23)(H,21,22)/t12-/m1/s1. The molecule has 0 aliphatic heterocycles. The number of amides is 2. The number of nitrogens with zero attached hydrogens (tertiary/aromatic N) is 1. The second kappa shape index (κ2) is 7.59. The molecule has 0 bridgehead atoms. The van der Waals surface area contributed by atoms with Gasteiger partial charge < -0.3 is 21.4 Å². The minimum atomic E-state index is -1.02. The molecule has 0 saturated heterocycles. The van der Waals surface area contributed by atoms with Crippen molar-refractivity contribution in [3.8, 4) is 0 Å². The van der Waals surface area contributed by atoms with Gasteiger partial charge in [-0.25, -0.2) is 4.98 Å². The third kappa shape index (κ3) is 5.35. The summed E-state index contributed by atoms with van der Waals surface area (Å²) in [6.45, 7) is 3.26. The molecule has 1 fully saturated rings. The van der Waals surface area contributed by atoms with E-state index in [1.165, 1.54) is 25.6 Å². The quantitative estimate of drug-likeness (QED) is 0.636. The molecule has 1 aliphatic rings. The SMILES string of the molecule is CC(C)(N)C(=O)N[C@H](CC1CCCCC1)C(=O)Nc1c[nH]cn1. The van der Waals surface area contributed by atoms with Crippen LogP contribution in [-0.2, 0) is 9.59 Å². The first-order valence-electron chi connectivity index (χ1n) is 8.26. The van der Waals surface area contributed by atoms with Crippen molar-refractivity contribution < 1.29 is 9.59 Å². The number of nitrogens with one attached hydrogen (secondary N) is 3. The summed E-state index contributed by atoms with van der Waals surface area (Å²) in [5.74, 6) is 0.334. The highest BCUT2D eigenvalue weighted by Gasteiger charge is 2.30. The van der Waals surface area contributed by atoms with Gasteiger partial charge in [0.05, 0.1) is 11.9 Å². The first-order chi connectivity index (χ1) is 10.9. The fourth-order valence-electron chi connectivity index (χ4n) is 2.87. The molecule has 23 heavy (non-hydrogen) atoms. The summed E-state index contributed by atoms with van der Waals surface area (Å²) in [7, 11) is 0. The van der Waals surface area contributed by atoms with Crippen molar-refractivity contribution in [2.24, 2.45) is 11.7 Å². The van der Waals surface area contributed by atoms with Gasteiger partial charge in [-0.3, -0.25) is 9.59 Å². The second-order valence-electron chi connectivity index (χ2n) is 6.93. The predicted octanol–water partition coefficient (Wildman–Crippen LogP) is 1.54. The Morgan fingerprint density at radius 2 is 2.09 bits per heavy atom. The molecule has 1 saturated carbocycles. The number of nitrogens with two attached hydrogens (primary N) is 1. The van der Waals surface area contributed by atoms with E-state index in [4.69, 9.17) is 5.73 Å². The van der Waals surface area contributed by atoms with Crippen LogP contribution in [0.15, 0.2) is 12.5 Å². The van der Waals surface area contributed by atoms with E-state index in [-0.39, 0.29) is 11.8 Å². The van der Waals surface area contributed by atoms with Gasteiger partial charge in [0, 0.05) is 6.20 Å². The van der Waals surface area contributed by atoms with Crippen molar-refractivity contribution in [3.63, 3.8) is 0 Å². The summed E-state index contributed by atoms with van der Waals surface area (Å²) in [6.07, 6.45) is 9.57. The molecule has 128 valence electrons. The van der Waals surface area contributed by atoms with Crippen LogP contribution in [0.2, 0.25) is 0 Å². The lowest BCUT2D eigenvalue weighted by molar-refractivity contribution is -0.129. The van der Waals surface area contributed by atoms with Crippen molar-refractivity contribution in [1.29, 1.82) is 0 Å². The van der Waals surface area contributed by atoms with E-state index in [1.807, 2.05) is 0 Å². The number of carbonyl (C=O) groups excluding carboxylic acids is 2. The fraction of sp³-hybridized carbons (Fsp3) is 0.688. The molecular formula is C16H27N5O2. The third-order valence-corrected chi connectivity index (χ3v) is 4.25. The molecule has 1 atom stereocenters. The maximum Gasteiger partial charge on any atom is 0.248 e. The molecule has 2 amide bonds. The van der Waals surface area contributed by atoms with Crippen LogP contribution in [0.5, 0.6) is 0 Å². The largest absolute Gasteiger partial charge is 0.349 e. The van der Waals surface area contributed by atoms with Crippen LogP contribution >= 0.6 is 0 Å². The Balaban J connectivity index is 2.02. The molecule has 1 aromatic heterocycles. The Bertz CT molecular complexity index is 515. The van der Waals surface area contributed by atoms with E-state index < -0.39 is 11.6 Å². The van der Waals surface area contributed by atoms with E-state index in [9.17, 15) is 9.59 Å². The topological polar surface area (TPSA) is 113 Å². The molecule has 0 aromatic carbocycles. The van der Waals surface area contributed by atoms with E-state index in [1.54, 1.807) is 20.0 Å². The fourth-order valence-corrected chi connectivity index (χ4v) is 2.87. The molecule has 0 unspecified atom stereocenters. The lowest BCUT2D eigenvalue weighted by Crippen LogP contribution is -2.55. The molecule has 7 nitrogen and oxygen atoms in total. The monoisotopic (exact) mass is 321 g/mol. The number of rotatable bonds is 6. The van der Waals surface area contributed by atoms with E-state index in [0.29, 0.717) is 18.2 Å². The zero-order chi connectivity index (χ0) is 16.9. The zero-order valence-corrected chi connectivity index (χ0v) is 13.9. The number of hydrogen-bond donors (Lipinski definition) is 4. The van der Waals surface area contributed by atoms with Crippen LogP contribution in [0.1, 0.15) is 52.4 Å². The van der Waals surface area contributed by atoms with E-state index in [2.05, 4.69) is 20.6 Å². The van der Waals surface area contributed by atoms with Crippen LogP contribution in [0.4, 0.5) is 5.82 Å². The van der Waals surface area contributed by atoms with Crippen LogP contribution in [0.25, 0.3) is 0 Å². The number of hydrogen-bond acceptors (Lipinski definition) is 4. The van der Waals surface area contributed by atoms with Gasteiger partial charge >= 0.3 is 0 Å². The number of anilines is 1. The van der Waals surface area contributed by atoms with Gasteiger partial charge in [0.2, 0.25) is 11.8 Å². The number of aromatic amines is 1. The van der Waals surface area contributed by atoms with Crippen molar-refractivity contribution >= 4 is 17.6 Å². The van der Waals surface area contributed by atoms with Gasteiger partial charge in [-0.1, -0.05) is 32.1 Å². The van der Waals surface area contributed by atoms with E-state index >= 15 is 0 Å². The summed E-state index contributed by atoms with van der Waals surface area (Å²) < 4.78 is 0. The van der Waals surface area contributed by atoms with Crippen molar-refractivity contribution in [2.45, 2.75) is 64.0 Å². The van der Waals surface area contributed by atoms with Crippen LogP contribution in [0, 0.1) is 5.92 Å². The molecular weight excluding hydrogens is 294 g/mol. The van der Waals surface area contributed by atoms with Crippen molar-refractivity contribution in [1.82, 2.24) is 15.3 Å². The van der Waals surface area contributed by atoms with Gasteiger partial charge in [0.25, 0.3) is 0 Å². The van der Waals surface area contributed by atoms with Gasteiger partial charge in [-0.05, 0) is 26.2 Å². The van der Waals surface area contributed by atoms with Crippen LogP contribution in [-0.4, -0.2) is 33.4 Å². The highest BCUT2D eigenvalue weighted by Crippen LogP contribution is 2.27. The molecule has 2 rings (SSSR count). The summed E-state index contributed by atoms with van der Waals surface area (Å²) in [6, 6.07) is -0.592. The number of imidazole rings is 1. The van der Waals surface area contributed by atoms with Gasteiger partial charge in [-0.2, -0.15) is 0 Å². The van der Waals surface area contributed by atoms with Crippen molar-refractivity contribution in [2.75, 3.05) is 5.32 Å². The average Bonchev–Trinajstić information content (AvgIpc) is 2.99. The Kier molecular flexibility index (Phi) is 5.76. The maximum absolute atomic E-state index is 12.5. The summed E-state index contributed by atoms with van der Waals surface area (Å²) >= 11 is 0. The zero-order valence-electron chi connectivity index (χ0n) is 13.9. The number of carbonyl (C=O) groups is 2. The third-order valence-electron chi connectivity index (χ3n) is 4.25. The van der Waals surface area contributed by atoms with Crippen molar-refractivity contribution in [3.05, 3.63) is 12.5 Å². The first-order valence-corrected chi connectivity index (χ1v) is 8.26. The lowest BCUT2D eigenvalue weighted by atomic mass is 9.84. The molecule has 0 spiro atoms. The lowest BCUT2D eigenvalue weighted by Gasteiger charge is -2.28. The number of H-pyrrole nitrogens is 1. The highest BCUT2D eigenvalue weighted by atomic mass is 16.2. The highest BCUT2D eigenvalue weighted by molar-refractivity contribution is 5.97. The summed E-state index contributed by atoms with van der Waals surface area (Å²) in [5.41, 5.74) is 4.82. The normalized spacial score (nSPS) is 17.5. The van der Waals surface area contributed by atoms with Gasteiger partial charge in [0.1, 0.15) is 6.04 Å². The minimum Gasteiger partial charge on any atom is -0.349 e. The molecule has 1 aromatic rings. The predicted molar refractivity (Wildman–Crippen MR) is 88.6 cm³/mol. The Morgan fingerprint density at radius 1 is 1.39 bits per heavy atom. The average molecular weight is 321 g/mol. The Labute approximate surface area is 136 Å². The Morgan fingerprint density at radius 3 is 2.65 bits per heavy atom. The molecule has 1 aliphatic carbocycles. The van der Waals surface area contributed by atoms with Gasteiger partial charge in [-0.15, -0.1) is 0 Å². The molecule has 1 heterocycles. The van der Waals surface area contributed by atoms with Crippen LogP contribution < -0.4 is 16.4 Å². The smallest absolute Gasteiger partial charge is 0.248 e. The number of aromatic nitrogens is 2. The molecule has 0 radical (unpaired) electrons. The minimum absolute atomic E-state index is 0.250. The Hall–Kier alpha value is -1.89. The molecule has 7 heteroatoms. The maximum atomic E-state index is 12.5. The second-order valence-corrected chi connectivity index (χ2v) is 6.93. The van der Waals surface area contributed by atoms with Crippen LogP contribution in [0.3, 0.4) is 0 Å².